The van der Waals surface area contributed by atoms with Gasteiger partial charge in [0, 0.05) is 57.0 Å². The summed E-state index contributed by atoms with van der Waals surface area (Å²) in [6.07, 6.45) is 0.532. The van der Waals surface area contributed by atoms with E-state index >= 15 is 0 Å². The van der Waals surface area contributed by atoms with Gasteiger partial charge in [-0.2, -0.15) is 0 Å². The lowest BCUT2D eigenvalue weighted by atomic mass is 9.99. The van der Waals surface area contributed by atoms with E-state index in [-0.39, 0.29) is 52.9 Å². The largest absolute Gasteiger partial charge is 0.390 e. The number of rotatable bonds is 17. The molecule has 3 N–H and O–H groups in total. The van der Waals surface area contributed by atoms with Crippen LogP contribution in [0.1, 0.15) is 70.3 Å². The Morgan fingerprint density at radius 2 is 1.32 bits per heavy atom. The van der Waals surface area contributed by atoms with Crippen LogP contribution in [0.3, 0.4) is 0 Å². The maximum Gasteiger partial charge on any atom is 0.253 e. The minimum Gasteiger partial charge on any atom is -0.390 e. The molecule has 0 saturated heterocycles. The van der Waals surface area contributed by atoms with E-state index in [2.05, 4.69) is 10.1 Å². The fraction of sp³-hybridized carbons (Fsp3) is 0.400. The van der Waals surface area contributed by atoms with Crippen molar-refractivity contribution < 1.29 is 27.9 Å². The third kappa shape index (κ3) is 10.7. The molecule has 0 radical (unpaired) electrons. The second kappa shape index (κ2) is 17.7. The normalized spacial score (nSPS) is 12.7. The summed E-state index contributed by atoms with van der Waals surface area (Å²) in [6.45, 7) is 6.88. The molecule has 0 heterocycles. The van der Waals surface area contributed by atoms with Crippen molar-refractivity contribution in [1.29, 1.82) is 0 Å². The zero-order chi connectivity index (χ0) is 34.6. The summed E-state index contributed by atoms with van der Waals surface area (Å²) in [5.74, 6) is -1.23. The summed E-state index contributed by atoms with van der Waals surface area (Å²) in [5, 5.41) is 15.8. The van der Waals surface area contributed by atoms with Crippen LogP contribution in [0.5, 0.6) is 0 Å². The maximum absolute atomic E-state index is 13.9. The standard InChI is InChI=1S/C35H47N5O6S/c1-6-19-39(20-7-2)35(44)29-23-27(22-28(24-29)34(43)38(4)5)33(42)36-31(21-26-15-11-9-12-16-26)32(41)25-40(8-3)37-47(45,46)30-17-13-10-14-18-30/h9-18,22-24,31-32,37,41H,6-8,19-21,25H2,1-5H3,(H,36,42). The van der Waals surface area contributed by atoms with Crippen molar-refractivity contribution in [2.75, 3.05) is 40.3 Å². The average molecular weight is 666 g/mol. The third-order valence-corrected chi connectivity index (χ3v) is 8.93. The highest BCUT2D eigenvalue weighted by Crippen LogP contribution is 2.17. The fourth-order valence-corrected chi connectivity index (χ4v) is 6.27. The van der Waals surface area contributed by atoms with Crippen LogP contribution in [-0.2, 0) is 16.4 Å². The van der Waals surface area contributed by atoms with Crippen LogP contribution in [0.25, 0.3) is 0 Å². The van der Waals surface area contributed by atoms with E-state index in [1.165, 1.54) is 40.2 Å². The van der Waals surface area contributed by atoms with Gasteiger partial charge >= 0.3 is 0 Å². The Labute approximate surface area is 278 Å². The van der Waals surface area contributed by atoms with Crippen LogP contribution in [0.15, 0.2) is 83.8 Å². The molecule has 12 heteroatoms. The van der Waals surface area contributed by atoms with E-state index in [1.807, 2.05) is 44.2 Å². The number of nitrogens with zero attached hydrogens (tertiary/aromatic N) is 3. The van der Waals surface area contributed by atoms with Gasteiger partial charge in [0.25, 0.3) is 27.7 Å². The van der Waals surface area contributed by atoms with Gasteiger partial charge in [-0.3, -0.25) is 14.4 Å². The highest BCUT2D eigenvalue weighted by atomic mass is 32.2. The van der Waals surface area contributed by atoms with Gasteiger partial charge in [-0.25, -0.2) is 13.4 Å². The predicted octanol–water partition coefficient (Wildman–Crippen LogP) is 3.57. The molecule has 47 heavy (non-hydrogen) atoms. The Kier molecular flexibility index (Phi) is 14.1. The van der Waals surface area contributed by atoms with Crippen LogP contribution in [0.4, 0.5) is 0 Å². The summed E-state index contributed by atoms with van der Waals surface area (Å²) >= 11 is 0. The average Bonchev–Trinajstić information content (AvgIpc) is 3.07. The van der Waals surface area contributed by atoms with Crippen LogP contribution in [0, 0.1) is 0 Å². The van der Waals surface area contributed by atoms with E-state index in [4.69, 9.17) is 0 Å². The second-order valence-electron chi connectivity index (χ2n) is 11.6. The summed E-state index contributed by atoms with van der Waals surface area (Å²) in [6, 6.07) is 20.8. The fourth-order valence-electron chi connectivity index (χ4n) is 5.11. The molecule has 0 spiro atoms. The Balaban J connectivity index is 1.94. The van der Waals surface area contributed by atoms with Gasteiger partial charge in [-0.1, -0.05) is 69.3 Å². The minimum atomic E-state index is -3.91. The highest BCUT2D eigenvalue weighted by Gasteiger charge is 2.28. The number of carbonyl (C=O) groups is 3. The molecule has 2 atom stereocenters. The van der Waals surface area contributed by atoms with Crippen molar-refractivity contribution in [3.05, 3.63) is 101 Å². The molecule has 0 aliphatic carbocycles. The molecule has 3 rings (SSSR count). The SMILES string of the molecule is CCCN(CCC)C(=O)c1cc(C(=O)NC(Cc2ccccc2)C(O)CN(CC)NS(=O)(=O)c2ccccc2)cc(C(=O)N(C)C)c1. The molecule has 0 fully saturated rings. The number of aliphatic hydroxyl groups excluding tert-OH is 1. The van der Waals surface area contributed by atoms with Gasteiger partial charge in [-0.05, 0) is 55.2 Å². The van der Waals surface area contributed by atoms with Crippen LogP contribution in [0.2, 0.25) is 0 Å². The van der Waals surface area contributed by atoms with E-state index in [1.54, 1.807) is 44.1 Å². The Morgan fingerprint density at radius 3 is 1.85 bits per heavy atom. The molecule has 0 aromatic heterocycles. The number of hydrogen-bond acceptors (Lipinski definition) is 7. The van der Waals surface area contributed by atoms with Gasteiger partial charge in [0.1, 0.15) is 0 Å². The number of nitrogens with one attached hydrogen (secondary N) is 2. The number of sulfonamides is 1. The lowest BCUT2D eigenvalue weighted by molar-refractivity contribution is 0.0635. The first-order chi connectivity index (χ1) is 22.4. The Hall–Kier alpha value is -4.10. The molecule has 0 saturated carbocycles. The minimum absolute atomic E-state index is 0.0796. The number of hydrazine groups is 1. The van der Waals surface area contributed by atoms with Crippen molar-refractivity contribution in [2.45, 2.75) is 57.1 Å². The molecular weight excluding hydrogens is 618 g/mol. The van der Waals surface area contributed by atoms with E-state index in [9.17, 15) is 27.9 Å². The highest BCUT2D eigenvalue weighted by molar-refractivity contribution is 7.89. The van der Waals surface area contributed by atoms with Gasteiger partial charge in [-0.15, -0.1) is 4.83 Å². The maximum atomic E-state index is 13.9. The summed E-state index contributed by atoms with van der Waals surface area (Å²) in [7, 11) is -0.727. The molecule has 3 aromatic carbocycles. The lowest BCUT2D eigenvalue weighted by Crippen LogP contribution is -2.53. The number of amides is 3. The Bertz CT molecular complexity index is 1580. The van der Waals surface area contributed by atoms with E-state index < -0.39 is 28.1 Å². The molecular formula is C35H47N5O6S. The van der Waals surface area contributed by atoms with Gasteiger partial charge in [0.2, 0.25) is 0 Å². The van der Waals surface area contributed by atoms with Crippen molar-refractivity contribution in [2.24, 2.45) is 0 Å². The smallest absolute Gasteiger partial charge is 0.253 e. The first-order valence-electron chi connectivity index (χ1n) is 15.9. The molecule has 0 aliphatic rings. The van der Waals surface area contributed by atoms with E-state index in [0.29, 0.717) is 13.1 Å². The van der Waals surface area contributed by atoms with Crippen molar-refractivity contribution in [3.63, 3.8) is 0 Å². The quantitative estimate of drug-likeness (QED) is 0.188. The number of hydrogen-bond donors (Lipinski definition) is 3. The molecule has 11 nitrogen and oxygen atoms in total. The molecule has 0 bridgehead atoms. The molecule has 0 aliphatic heterocycles. The zero-order valence-electron chi connectivity index (χ0n) is 27.8. The zero-order valence-corrected chi connectivity index (χ0v) is 28.7. The summed E-state index contributed by atoms with van der Waals surface area (Å²) in [4.78, 5) is 46.1. The van der Waals surface area contributed by atoms with Crippen molar-refractivity contribution in [1.82, 2.24) is 25.0 Å². The van der Waals surface area contributed by atoms with Crippen LogP contribution < -0.4 is 10.1 Å². The summed E-state index contributed by atoms with van der Waals surface area (Å²) < 4.78 is 26.0. The number of likely N-dealkylation sites (N-methyl/N-ethyl adjacent to an activating group) is 1. The molecule has 3 amide bonds. The predicted molar refractivity (Wildman–Crippen MR) is 182 cm³/mol. The van der Waals surface area contributed by atoms with Crippen molar-refractivity contribution >= 4 is 27.7 Å². The number of benzene rings is 3. The second-order valence-corrected chi connectivity index (χ2v) is 13.2. The third-order valence-electron chi connectivity index (χ3n) is 7.54. The monoisotopic (exact) mass is 665 g/mol. The van der Waals surface area contributed by atoms with Crippen LogP contribution in [-0.4, -0.2) is 98.5 Å². The first-order valence-corrected chi connectivity index (χ1v) is 17.4. The topological polar surface area (TPSA) is 139 Å². The molecule has 3 aromatic rings. The number of carbonyl (C=O) groups excluding carboxylic acids is 3. The van der Waals surface area contributed by atoms with Crippen molar-refractivity contribution in [3.8, 4) is 0 Å². The Morgan fingerprint density at radius 1 is 0.787 bits per heavy atom. The molecule has 2 unspecified atom stereocenters. The van der Waals surface area contributed by atoms with Gasteiger partial charge in [0.05, 0.1) is 17.0 Å². The van der Waals surface area contributed by atoms with Gasteiger partial charge in [0.15, 0.2) is 0 Å². The summed E-state index contributed by atoms with van der Waals surface area (Å²) in [5.41, 5.74) is 1.34. The van der Waals surface area contributed by atoms with E-state index in [0.717, 1.165) is 18.4 Å². The molecule has 254 valence electrons. The number of aliphatic hydroxyl groups is 1. The first kappa shape index (κ1) is 37.4. The van der Waals surface area contributed by atoms with Crippen LogP contribution >= 0.6 is 0 Å². The lowest BCUT2D eigenvalue weighted by Gasteiger charge is -2.30. The van der Waals surface area contributed by atoms with Gasteiger partial charge < -0.3 is 20.2 Å².